The number of carbonyl (C=O) groups is 1. The van der Waals surface area contributed by atoms with E-state index < -0.39 is 0 Å². The third-order valence-corrected chi connectivity index (χ3v) is 4.46. The van der Waals surface area contributed by atoms with Crippen molar-refractivity contribution < 1.29 is 9.53 Å². The van der Waals surface area contributed by atoms with Gasteiger partial charge in [-0.1, -0.05) is 12.1 Å². The zero-order valence-corrected chi connectivity index (χ0v) is 14.4. The van der Waals surface area contributed by atoms with Gasteiger partial charge >= 0.3 is 6.03 Å². The fourth-order valence-electron chi connectivity index (χ4n) is 3.07. The van der Waals surface area contributed by atoms with Gasteiger partial charge in [0.1, 0.15) is 5.75 Å². The zero-order chi connectivity index (χ0) is 17.9. The Bertz CT molecular complexity index is 893. The molecule has 0 spiro atoms. The smallest absolute Gasteiger partial charge is 0.324 e. The number of hydrogen-bond acceptors (Lipinski definition) is 4. The molecular weight excluding hydrogens is 330 g/mol. The van der Waals surface area contributed by atoms with Gasteiger partial charge in [0.15, 0.2) is 0 Å². The van der Waals surface area contributed by atoms with Gasteiger partial charge in [0.05, 0.1) is 30.9 Å². The van der Waals surface area contributed by atoms with E-state index >= 15 is 0 Å². The second kappa shape index (κ2) is 6.87. The Morgan fingerprint density at radius 3 is 2.85 bits per heavy atom. The summed E-state index contributed by atoms with van der Waals surface area (Å²) < 4.78 is 5.25. The monoisotopic (exact) mass is 349 g/mol. The Morgan fingerprint density at radius 2 is 2.12 bits per heavy atom. The molecule has 1 aliphatic heterocycles. The molecule has 0 atom stereocenters. The maximum absolute atomic E-state index is 12.8. The molecule has 1 fully saturated rings. The summed E-state index contributed by atoms with van der Waals surface area (Å²) in [6, 6.07) is 11.6. The van der Waals surface area contributed by atoms with E-state index in [4.69, 9.17) is 4.74 Å². The van der Waals surface area contributed by atoms with Gasteiger partial charge < -0.3 is 9.64 Å². The number of methoxy groups -OCH3 is 1. The first-order valence-corrected chi connectivity index (χ1v) is 8.39. The fourth-order valence-corrected chi connectivity index (χ4v) is 3.07. The molecule has 2 aromatic heterocycles. The van der Waals surface area contributed by atoms with E-state index in [-0.39, 0.29) is 6.03 Å². The van der Waals surface area contributed by atoms with E-state index in [1.807, 2.05) is 41.3 Å². The number of pyridine rings is 1. The van der Waals surface area contributed by atoms with Crippen molar-refractivity contribution in [3.8, 4) is 17.0 Å². The first-order chi connectivity index (χ1) is 12.7. The highest BCUT2D eigenvalue weighted by atomic mass is 16.5. The van der Waals surface area contributed by atoms with Crippen LogP contribution in [0.25, 0.3) is 11.3 Å². The number of carbonyl (C=O) groups excluding carboxylic acids is 1. The molecule has 1 saturated heterocycles. The molecule has 0 unspecified atom stereocenters. The minimum absolute atomic E-state index is 0.00863. The lowest BCUT2D eigenvalue weighted by Gasteiger charge is -2.19. The van der Waals surface area contributed by atoms with E-state index in [1.165, 1.54) is 0 Å². The molecule has 1 aromatic carbocycles. The predicted molar refractivity (Wildman–Crippen MR) is 98.0 cm³/mol. The molecule has 3 heterocycles. The van der Waals surface area contributed by atoms with Crippen molar-refractivity contribution in [2.24, 2.45) is 0 Å². The van der Waals surface area contributed by atoms with Crippen LogP contribution in [0.4, 0.5) is 10.5 Å². The van der Waals surface area contributed by atoms with Gasteiger partial charge in [-0.15, -0.1) is 0 Å². The van der Waals surface area contributed by atoms with Crippen molar-refractivity contribution in [3.05, 3.63) is 60.6 Å². The molecule has 0 radical (unpaired) electrons. The highest BCUT2D eigenvalue weighted by Gasteiger charge is 2.29. The fraction of sp³-hybridized carbons (Fsp3) is 0.211. The third-order valence-electron chi connectivity index (χ3n) is 4.46. The highest BCUT2D eigenvalue weighted by molar-refractivity contribution is 5.94. The van der Waals surface area contributed by atoms with Gasteiger partial charge in [-0.2, -0.15) is 5.10 Å². The van der Waals surface area contributed by atoms with E-state index in [2.05, 4.69) is 15.2 Å². The Morgan fingerprint density at radius 1 is 1.19 bits per heavy atom. The molecule has 2 amide bonds. The van der Waals surface area contributed by atoms with E-state index in [9.17, 15) is 4.79 Å². The van der Waals surface area contributed by atoms with Crippen molar-refractivity contribution in [1.82, 2.24) is 20.1 Å². The van der Waals surface area contributed by atoms with Crippen molar-refractivity contribution in [2.75, 3.05) is 25.1 Å². The van der Waals surface area contributed by atoms with E-state index in [0.717, 1.165) is 28.3 Å². The minimum atomic E-state index is -0.00863. The summed E-state index contributed by atoms with van der Waals surface area (Å²) in [5, 5.41) is 6.70. The van der Waals surface area contributed by atoms with Crippen LogP contribution in [0.5, 0.6) is 5.75 Å². The Labute approximate surface area is 151 Å². The largest absolute Gasteiger partial charge is 0.497 e. The number of aromatic nitrogens is 3. The molecule has 3 aromatic rings. The molecule has 1 aliphatic rings. The normalized spacial score (nSPS) is 14.1. The lowest BCUT2D eigenvalue weighted by molar-refractivity contribution is 0.218. The van der Waals surface area contributed by atoms with Gasteiger partial charge in [0, 0.05) is 31.4 Å². The minimum Gasteiger partial charge on any atom is -0.497 e. The van der Waals surface area contributed by atoms with Crippen LogP contribution in [0.3, 0.4) is 0 Å². The second-order valence-electron chi connectivity index (χ2n) is 6.10. The third kappa shape index (κ3) is 3.11. The van der Waals surface area contributed by atoms with E-state index in [0.29, 0.717) is 19.6 Å². The predicted octanol–water partition coefficient (Wildman–Crippen LogP) is 2.92. The van der Waals surface area contributed by atoms with Crippen LogP contribution in [0.15, 0.2) is 55.0 Å². The topological polar surface area (TPSA) is 74.3 Å². The summed E-state index contributed by atoms with van der Waals surface area (Å²) >= 11 is 0. The highest BCUT2D eigenvalue weighted by Crippen LogP contribution is 2.24. The number of benzene rings is 1. The molecular formula is C19H19N5O2. The van der Waals surface area contributed by atoms with Crippen LogP contribution < -0.4 is 9.64 Å². The molecule has 7 nitrogen and oxygen atoms in total. The lowest BCUT2D eigenvalue weighted by atomic mass is 10.2. The molecule has 0 saturated carbocycles. The Hall–Kier alpha value is -3.35. The van der Waals surface area contributed by atoms with Gasteiger partial charge in [0.25, 0.3) is 0 Å². The Kier molecular flexibility index (Phi) is 4.27. The number of ether oxygens (including phenoxy) is 1. The van der Waals surface area contributed by atoms with Gasteiger partial charge in [-0.05, 0) is 29.8 Å². The number of urea groups is 1. The standard InChI is InChI=1S/C19H19N5O2/c1-26-17-4-2-3-14(9-17)13-23-7-8-24(19(23)25)16-5-6-18(20-12-16)15-10-21-22-11-15/h2-6,9-12H,7-8,13H2,1H3,(H,21,22). The summed E-state index contributed by atoms with van der Waals surface area (Å²) in [5.74, 6) is 0.796. The number of hydrogen-bond donors (Lipinski definition) is 1. The van der Waals surface area contributed by atoms with Crippen molar-refractivity contribution in [3.63, 3.8) is 0 Å². The number of anilines is 1. The van der Waals surface area contributed by atoms with Crippen LogP contribution in [0.1, 0.15) is 5.56 Å². The van der Waals surface area contributed by atoms with Gasteiger partial charge in [-0.3, -0.25) is 15.0 Å². The van der Waals surface area contributed by atoms with Crippen molar-refractivity contribution >= 4 is 11.7 Å². The van der Waals surface area contributed by atoms with E-state index in [1.54, 1.807) is 30.6 Å². The van der Waals surface area contributed by atoms with Crippen LogP contribution in [-0.2, 0) is 6.54 Å². The number of aromatic amines is 1. The molecule has 132 valence electrons. The summed E-state index contributed by atoms with van der Waals surface area (Å²) in [6.45, 7) is 1.89. The second-order valence-corrected chi connectivity index (χ2v) is 6.10. The Balaban J connectivity index is 1.46. The lowest BCUT2D eigenvalue weighted by Crippen LogP contribution is -2.31. The molecule has 7 heteroatoms. The SMILES string of the molecule is COc1cccc(CN2CCN(c3ccc(-c4cn[nH]c4)nc3)C2=O)c1. The van der Waals surface area contributed by atoms with Gasteiger partial charge in [-0.25, -0.2) is 4.79 Å². The van der Waals surface area contributed by atoms with Crippen LogP contribution in [0, 0.1) is 0 Å². The molecule has 26 heavy (non-hydrogen) atoms. The van der Waals surface area contributed by atoms with Gasteiger partial charge in [0.2, 0.25) is 0 Å². The summed E-state index contributed by atoms with van der Waals surface area (Å²) in [4.78, 5) is 20.8. The van der Waals surface area contributed by atoms with Crippen LogP contribution >= 0.6 is 0 Å². The first kappa shape index (κ1) is 16.1. The summed E-state index contributed by atoms with van der Waals surface area (Å²) in [6.07, 6.45) is 5.24. The maximum Gasteiger partial charge on any atom is 0.324 e. The quantitative estimate of drug-likeness (QED) is 0.768. The number of rotatable bonds is 5. The zero-order valence-electron chi connectivity index (χ0n) is 14.4. The van der Waals surface area contributed by atoms with Crippen molar-refractivity contribution in [2.45, 2.75) is 6.54 Å². The molecule has 4 rings (SSSR count). The average Bonchev–Trinajstić information content (AvgIpc) is 3.33. The van der Waals surface area contributed by atoms with Crippen molar-refractivity contribution in [1.29, 1.82) is 0 Å². The maximum atomic E-state index is 12.8. The number of amides is 2. The molecule has 0 bridgehead atoms. The number of nitrogens with zero attached hydrogens (tertiary/aromatic N) is 4. The average molecular weight is 349 g/mol. The molecule has 1 N–H and O–H groups in total. The van der Waals surface area contributed by atoms with Crippen LogP contribution in [0.2, 0.25) is 0 Å². The summed E-state index contributed by atoms with van der Waals surface area (Å²) in [5.41, 5.74) is 3.59. The first-order valence-electron chi connectivity index (χ1n) is 8.39. The summed E-state index contributed by atoms with van der Waals surface area (Å²) in [7, 11) is 1.64. The number of H-pyrrole nitrogens is 1. The van der Waals surface area contributed by atoms with Crippen LogP contribution in [-0.4, -0.2) is 46.3 Å². The molecule has 0 aliphatic carbocycles. The number of nitrogens with one attached hydrogen (secondary N) is 1.